The number of carbonyl (C=O) groups is 1. The van der Waals surface area contributed by atoms with Gasteiger partial charge in [0.1, 0.15) is 5.75 Å². The van der Waals surface area contributed by atoms with Crippen molar-refractivity contribution >= 4 is 16.7 Å². The molecule has 2 aliphatic rings. The first-order valence-electron chi connectivity index (χ1n) is 9.87. The Balaban J connectivity index is 1.40. The molecule has 26 heavy (non-hydrogen) atoms. The van der Waals surface area contributed by atoms with Gasteiger partial charge in [-0.15, -0.1) is 0 Å². The number of rotatable bonds is 5. The zero-order chi connectivity index (χ0) is 17.9. The minimum Gasteiger partial charge on any atom is -0.494 e. The second-order valence-electron chi connectivity index (χ2n) is 7.64. The Hall–Kier alpha value is -2.07. The van der Waals surface area contributed by atoms with Crippen LogP contribution in [0.1, 0.15) is 42.5 Å². The first-order chi connectivity index (χ1) is 12.7. The van der Waals surface area contributed by atoms with E-state index in [1.165, 1.54) is 19.4 Å². The molecule has 0 bridgehead atoms. The summed E-state index contributed by atoms with van der Waals surface area (Å²) in [4.78, 5) is 16.9. The zero-order valence-corrected chi connectivity index (χ0v) is 15.6. The van der Waals surface area contributed by atoms with Gasteiger partial charge in [0.15, 0.2) is 0 Å². The summed E-state index contributed by atoms with van der Waals surface area (Å²) in [5.74, 6) is 1.07. The van der Waals surface area contributed by atoms with E-state index in [4.69, 9.17) is 4.74 Å². The second-order valence-corrected chi connectivity index (χ2v) is 7.64. The van der Waals surface area contributed by atoms with Crippen molar-refractivity contribution in [2.45, 2.75) is 38.1 Å². The van der Waals surface area contributed by atoms with Crippen molar-refractivity contribution in [2.24, 2.45) is 0 Å². The van der Waals surface area contributed by atoms with Crippen LogP contribution < -0.4 is 4.74 Å². The van der Waals surface area contributed by atoms with Crippen molar-refractivity contribution in [2.75, 3.05) is 33.3 Å². The van der Waals surface area contributed by atoms with Gasteiger partial charge in [-0.1, -0.05) is 12.1 Å². The molecule has 0 aromatic heterocycles. The van der Waals surface area contributed by atoms with E-state index >= 15 is 0 Å². The second kappa shape index (κ2) is 7.67. The van der Waals surface area contributed by atoms with Gasteiger partial charge >= 0.3 is 0 Å². The Kier molecular flexibility index (Phi) is 5.11. The van der Waals surface area contributed by atoms with E-state index < -0.39 is 0 Å². The average molecular weight is 352 g/mol. The van der Waals surface area contributed by atoms with E-state index in [0.29, 0.717) is 6.04 Å². The maximum absolute atomic E-state index is 12.5. The topological polar surface area (TPSA) is 32.8 Å². The van der Waals surface area contributed by atoms with E-state index in [9.17, 15) is 4.79 Å². The average Bonchev–Trinajstić information content (AvgIpc) is 3.33. The number of benzene rings is 2. The number of ether oxygens (including phenoxy) is 1. The van der Waals surface area contributed by atoms with Crippen molar-refractivity contribution in [1.82, 2.24) is 9.80 Å². The number of nitrogens with zero attached hydrogens (tertiary/aromatic N) is 2. The van der Waals surface area contributed by atoms with Crippen LogP contribution in [-0.4, -0.2) is 55.0 Å². The van der Waals surface area contributed by atoms with Gasteiger partial charge in [0.25, 0.3) is 5.91 Å². The lowest BCUT2D eigenvalue weighted by molar-refractivity contribution is 0.0793. The largest absolute Gasteiger partial charge is 0.494 e. The summed E-state index contributed by atoms with van der Waals surface area (Å²) in [6, 6.07) is 12.8. The van der Waals surface area contributed by atoms with Crippen molar-refractivity contribution in [1.29, 1.82) is 0 Å². The molecule has 1 atom stereocenters. The quantitative estimate of drug-likeness (QED) is 0.817. The molecule has 4 rings (SSSR count). The maximum Gasteiger partial charge on any atom is 0.253 e. The lowest BCUT2D eigenvalue weighted by Gasteiger charge is -2.19. The monoisotopic (exact) mass is 352 g/mol. The molecule has 0 spiro atoms. The third-order valence-corrected chi connectivity index (χ3v) is 5.84. The molecule has 4 nitrogen and oxygen atoms in total. The highest BCUT2D eigenvalue weighted by Crippen LogP contribution is 2.24. The van der Waals surface area contributed by atoms with Crippen LogP contribution >= 0.6 is 0 Å². The molecule has 0 aliphatic carbocycles. The smallest absolute Gasteiger partial charge is 0.253 e. The molecule has 0 radical (unpaired) electrons. The molecule has 2 aromatic rings. The Labute approximate surface area is 155 Å². The minimum atomic E-state index is 0.158. The van der Waals surface area contributed by atoms with Crippen LogP contribution in [0, 0.1) is 0 Å². The van der Waals surface area contributed by atoms with Gasteiger partial charge in [-0.2, -0.15) is 0 Å². The maximum atomic E-state index is 12.5. The van der Waals surface area contributed by atoms with E-state index in [2.05, 4.69) is 24.1 Å². The fourth-order valence-corrected chi connectivity index (χ4v) is 4.21. The summed E-state index contributed by atoms with van der Waals surface area (Å²) in [6.45, 7) is 3.74. The van der Waals surface area contributed by atoms with Gasteiger partial charge < -0.3 is 14.5 Å². The van der Waals surface area contributed by atoms with Crippen molar-refractivity contribution in [3.63, 3.8) is 0 Å². The fourth-order valence-electron chi connectivity index (χ4n) is 4.21. The predicted molar refractivity (Wildman–Crippen MR) is 105 cm³/mol. The molecule has 2 fully saturated rings. The number of amides is 1. The summed E-state index contributed by atoms with van der Waals surface area (Å²) in [5.41, 5.74) is 0.789. The van der Waals surface area contributed by atoms with Crippen LogP contribution in [0.3, 0.4) is 0 Å². The molecule has 0 N–H and O–H groups in total. The molecule has 2 heterocycles. The van der Waals surface area contributed by atoms with Gasteiger partial charge in [0, 0.05) is 24.7 Å². The Bertz CT molecular complexity index is 783. The molecule has 1 amide bonds. The first-order valence-corrected chi connectivity index (χ1v) is 9.87. The van der Waals surface area contributed by atoms with Crippen molar-refractivity contribution in [3.05, 3.63) is 42.0 Å². The number of carbonyl (C=O) groups excluding carboxylic acids is 1. The van der Waals surface area contributed by atoms with Gasteiger partial charge in [0.05, 0.1) is 6.61 Å². The number of likely N-dealkylation sites (tertiary alicyclic amines) is 2. The van der Waals surface area contributed by atoms with E-state index in [-0.39, 0.29) is 5.91 Å². The standard InChI is InChI=1S/C22H28N2O2/c1-23-11-4-5-20(23)10-14-26-21-9-8-17-15-19(7-6-18(17)16-21)22(25)24-12-2-3-13-24/h6-9,15-16,20H,2-5,10-14H2,1H3. The molecule has 4 heteroatoms. The van der Waals surface area contributed by atoms with E-state index in [0.717, 1.165) is 61.0 Å². The normalized spacial score (nSPS) is 20.8. The molecule has 1 unspecified atom stereocenters. The highest BCUT2D eigenvalue weighted by Gasteiger charge is 2.21. The van der Waals surface area contributed by atoms with E-state index in [1.54, 1.807) is 0 Å². The summed E-state index contributed by atoms with van der Waals surface area (Å²) in [5, 5.41) is 2.22. The van der Waals surface area contributed by atoms with Crippen LogP contribution in [0.5, 0.6) is 5.75 Å². The molecule has 2 aliphatic heterocycles. The molecular weight excluding hydrogens is 324 g/mol. The lowest BCUT2D eigenvalue weighted by atomic mass is 10.1. The van der Waals surface area contributed by atoms with Crippen molar-refractivity contribution in [3.8, 4) is 5.75 Å². The third-order valence-electron chi connectivity index (χ3n) is 5.84. The van der Waals surface area contributed by atoms with Gasteiger partial charge in [0.2, 0.25) is 0 Å². The lowest BCUT2D eigenvalue weighted by Crippen LogP contribution is -2.27. The van der Waals surface area contributed by atoms with Crippen molar-refractivity contribution < 1.29 is 9.53 Å². The third kappa shape index (κ3) is 3.70. The molecule has 2 saturated heterocycles. The molecule has 2 aromatic carbocycles. The summed E-state index contributed by atoms with van der Waals surface area (Å²) in [7, 11) is 2.20. The van der Waals surface area contributed by atoms with Crippen LogP contribution in [0.2, 0.25) is 0 Å². The van der Waals surface area contributed by atoms with Crippen LogP contribution in [0.15, 0.2) is 36.4 Å². The van der Waals surface area contributed by atoms with Crippen LogP contribution in [-0.2, 0) is 0 Å². The number of hydrogen-bond donors (Lipinski definition) is 0. The predicted octanol–water partition coefficient (Wildman–Crippen LogP) is 3.94. The number of hydrogen-bond acceptors (Lipinski definition) is 3. The SMILES string of the molecule is CN1CCCC1CCOc1ccc2cc(C(=O)N3CCCC3)ccc2c1. The fraction of sp³-hybridized carbons (Fsp3) is 0.500. The van der Waals surface area contributed by atoms with Gasteiger partial charge in [-0.3, -0.25) is 4.79 Å². The Morgan fingerprint density at radius 3 is 2.58 bits per heavy atom. The zero-order valence-electron chi connectivity index (χ0n) is 15.6. The van der Waals surface area contributed by atoms with E-state index in [1.807, 2.05) is 29.2 Å². The summed E-state index contributed by atoms with van der Waals surface area (Å²) < 4.78 is 5.98. The van der Waals surface area contributed by atoms with Crippen LogP contribution in [0.25, 0.3) is 10.8 Å². The first kappa shape index (κ1) is 17.3. The molecule has 138 valence electrons. The minimum absolute atomic E-state index is 0.158. The molecular formula is C22H28N2O2. The summed E-state index contributed by atoms with van der Waals surface area (Å²) >= 11 is 0. The Morgan fingerprint density at radius 2 is 1.81 bits per heavy atom. The van der Waals surface area contributed by atoms with Gasteiger partial charge in [-0.25, -0.2) is 0 Å². The number of fused-ring (bicyclic) bond motifs is 1. The highest BCUT2D eigenvalue weighted by atomic mass is 16.5. The van der Waals surface area contributed by atoms with Gasteiger partial charge in [-0.05, 0) is 80.7 Å². The molecule has 0 saturated carbocycles. The summed E-state index contributed by atoms with van der Waals surface area (Å²) in [6.07, 6.45) is 5.91. The van der Waals surface area contributed by atoms with Crippen LogP contribution in [0.4, 0.5) is 0 Å². The Morgan fingerprint density at radius 1 is 1.04 bits per heavy atom. The highest BCUT2D eigenvalue weighted by molar-refractivity contribution is 5.98.